The Morgan fingerprint density at radius 3 is 2.64 bits per heavy atom. The first-order valence-electron chi connectivity index (χ1n) is 4.55. The first-order valence-corrected chi connectivity index (χ1v) is 4.55. The van der Waals surface area contributed by atoms with Crippen molar-refractivity contribution in [3.8, 4) is 5.75 Å². The van der Waals surface area contributed by atoms with Crippen LogP contribution in [0, 0.1) is 12.7 Å². The molecule has 1 atom stereocenters. The summed E-state index contributed by atoms with van der Waals surface area (Å²) < 4.78 is 18.2. The van der Waals surface area contributed by atoms with Crippen LogP contribution in [-0.4, -0.2) is 18.8 Å². The summed E-state index contributed by atoms with van der Waals surface area (Å²) in [6, 6.07) is 3.08. The lowest BCUT2D eigenvalue weighted by molar-refractivity contribution is 0.269. The van der Waals surface area contributed by atoms with Crippen molar-refractivity contribution in [1.82, 2.24) is 0 Å². The first-order chi connectivity index (χ1) is 6.60. The topological polar surface area (TPSA) is 29.5 Å². The molecule has 0 bridgehead atoms. The molecule has 0 aliphatic carbocycles. The van der Waals surface area contributed by atoms with Gasteiger partial charge in [-0.1, -0.05) is 6.92 Å². The summed E-state index contributed by atoms with van der Waals surface area (Å²) in [6.07, 6.45) is 0. The molecule has 78 valence electrons. The van der Waals surface area contributed by atoms with Crippen LogP contribution in [0.25, 0.3) is 0 Å². The third-order valence-corrected chi connectivity index (χ3v) is 2.32. The summed E-state index contributed by atoms with van der Waals surface area (Å²) in [5, 5.41) is 9.02. The molecule has 0 heterocycles. The van der Waals surface area contributed by atoms with Gasteiger partial charge >= 0.3 is 0 Å². The normalized spacial score (nSPS) is 12.6. The molecule has 2 nitrogen and oxygen atoms in total. The Bertz CT molecular complexity index is 323. The van der Waals surface area contributed by atoms with E-state index < -0.39 is 0 Å². The third-order valence-electron chi connectivity index (χ3n) is 2.32. The summed E-state index contributed by atoms with van der Waals surface area (Å²) >= 11 is 0. The average molecular weight is 198 g/mol. The number of rotatable bonds is 3. The zero-order chi connectivity index (χ0) is 10.7. The van der Waals surface area contributed by atoms with E-state index in [1.165, 1.54) is 13.2 Å². The molecular formula is C11H15FO2. The molecule has 0 radical (unpaired) electrons. The van der Waals surface area contributed by atoms with E-state index in [0.29, 0.717) is 11.3 Å². The predicted molar refractivity (Wildman–Crippen MR) is 53.2 cm³/mol. The van der Waals surface area contributed by atoms with Gasteiger partial charge < -0.3 is 9.84 Å². The Hall–Kier alpha value is -1.09. The van der Waals surface area contributed by atoms with E-state index in [4.69, 9.17) is 9.84 Å². The first kappa shape index (κ1) is 11.0. The predicted octanol–water partition coefficient (Wildman–Crippen LogP) is 2.24. The number of aliphatic hydroxyl groups excluding tert-OH is 1. The van der Waals surface area contributed by atoms with E-state index in [9.17, 15) is 4.39 Å². The van der Waals surface area contributed by atoms with E-state index in [2.05, 4.69) is 0 Å². The molecule has 0 fully saturated rings. The second-order valence-corrected chi connectivity index (χ2v) is 3.43. The van der Waals surface area contributed by atoms with Crippen molar-refractivity contribution in [2.45, 2.75) is 19.8 Å². The highest BCUT2D eigenvalue weighted by Gasteiger charge is 2.13. The molecule has 14 heavy (non-hydrogen) atoms. The summed E-state index contributed by atoms with van der Waals surface area (Å²) in [4.78, 5) is 0. The van der Waals surface area contributed by atoms with Crippen LogP contribution >= 0.6 is 0 Å². The van der Waals surface area contributed by atoms with Crippen molar-refractivity contribution in [1.29, 1.82) is 0 Å². The number of halogens is 1. The molecule has 3 heteroatoms. The van der Waals surface area contributed by atoms with Gasteiger partial charge in [0.25, 0.3) is 0 Å². The lowest BCUT2D eigenvalue weighted by Gasteiger charge is -2.14. The molecular weight excluding hydrogens is 183 g/mol. The fraction of sp³-hybridized carbons (Fsp3) is 0.455. The number of hydrogen-bond acceptors (Lipinski definition) is 2. The Labute approximate surface area is 83.3 Å². The van der Waals surface area contributed by atoms with Crippen LogP contribution in [0.3, 0.4) is 0 Å². The summed E-state index contributed by atoms with van der Waals surface area (Å²) in [7, 11) is 1.50. The van der Waals surface area contributed by atoms with Crippen LogP contribution in [0.5, 0.6) is 5.75 Å². The number of aryl methyl sites for hydroxylation is 1. The van der Waals surface area contributed by atoms with Crippen molar-refractivity contribution >= 4 is 0 Å². The van der Waals surface area contributed by atoms with Crippen LogP contribution in [0.4, 0.5) is 4.39 Å². The van der Waals surface area contributed by atoms with Crippen molar-refractivity contribution in [3.63, 3.8) is 0 Å². The molecule has 0 amide bonds. The number of ether oxygens (including phenoxy) is 1. The molecule has 0 saturated carbocycles. The van der Waals surface area contributed by atoms with Gasteiger partial charge in [0.15, 0.2) is 0 Å². The van der Waals surface area contributed by atoms with Crippen LogP contribution in [0.15, 0.2) is 12.1 Å². The van der Waals surface area contributed by atoms with Crippen LogP contribution in [0.1, 0.15) is 24.0 Å². The number of aliphatic hydroxyl groups is 1. The smallest absolute Gasteiger partial charge is 0.129 e. The molecule has 1 aromatic rings. The van der Waals surface area contributed by atoms with Crippen LogP contribution in [0.2, 0.25) is 0 Å². The number of hydrogen-bond donors (Lipinski definition) is 1. The van der Waals surface area contributed by atoms with Gasteiger partial charge in [-0.05, 0) is 24.1 Å². The molecule has 0 aromatic heterocycles. The van der Waals surface area contributed by atoms with Crippen LogP contribution < -0.4 is 4.74 Å². The Kier molecular flexibility index (Phi) is 3.47. The highest BCUT2D eigenvalue weighted by atomic mass is 19.1. The van der Waals surface area contributed by atoms with Gasteiger partial charge in [0.1, 0.15) is 11.6 Å². The zero-order valence-corrected chi connectivity index (χ0v) is 8.67. The van der Waals surface area contributed by atoms with Crippen molar-refractivity contribution in [3.05, 3.63) is 29.1 Å². The van der Waals surface area contributed by atoms with Gasteiger partial charge in [-0.15, -0.1) is 0 Å². The molecule has 0 saturated heterocycles. The molecule has 0 aliphatic heterocycles. The minimum absolute atomic E-state index is 0.0292. The van der Waals surface area contributed by atoms with Crippen molar-refractivity contribution in [2.24, 2.45) is 0 Å². The fourth-order valence-electron chi connectivity index (χ4n) is 1.35. The fourth-order valence-corrected chi connectivity index (χ4v) is 1.35. The van der Waals surface area contributed by atoms with Gasteiger partial charge in [-0.25, -0.2) is 4.39 Å². The van der Waals surface area contributed by atoms with Gasteiger partial charge in [0, 0.05) is 18.6 Å². The Morgan fingerprint density at radius 2 is 2.14 bits per heavy atom. The van der Waals surface area contributed by atoms with E-state index in [1.807, 2.05) is 6.92 Å². The van der Waals surface area contributed by atoms with Crippen molar-refractivity contribution in [2.75, 3.05) is 13.7 Å². The highest BCUT2D eigenvalue weighted by molar-refractivity contribution is 5.40. The maximum Gasteiger partial charge on any atom is 0.129 e. The third kappa shape index (κ3) is 2.04. The maximum absolute atomic E-state index is 13.2. The van der Waals surface area contributed by atoms with Gasteiger partial charge in [-0.3, -0.25) is 0 Å². The Balaban J connectivity index is 3.19. The highest BCUT2D eigenvalue weighted by Crippen LogP contribution is 2.28. The summed E-state index contributed by atoms with van der Waals surface area (Å²) in [6.45, 7) is 3.60. The molecule has 1 unspecified atom stereocenters. The lowest BCUT2D eigenvalue weighted by Crippen LogP contribution is -2.03. The van der Waals surface area contributed by atoms with E-state index in [1.54, 1.807) is 13.0 Å². The lowest BCUT2D eigenvalue weighted by atomic mass is 9.98. The molecule has 0 aliphatic rings. The van der Waals surface area contributed by atoms with Gasteiger partial charge in [-0.2, -0.15) is 0 Å². The Morgan fingerprint density at radius 1 is 1.50 bits per heavy atom. The minimum atomic E-state index is -0.282. The van der Waals surface area contributed by atoms with Gasteiger partial charge in [0.2, 0.25) is 0 Å². The van der Waals surface area contributed by atoms with E-state index >= 15 is 0 Å². The van der Waals surface area contributed by atoms with E-state index in [0.717, 1.165) is 5.56 Å². The monoisotopic (exact) mass is 198 g/mol. The number of methoxy groups -OCH3 is 1. The minimum Gasteiger partial charge on any atom is -0.496 e. The van der Waals surface area contributed by atoms with Crippen molar-refractivity contribution < 1.29 is 14.2 Å². The number of benzene rings is 1. The summed E-state index contributed by atoms with van der Waals surface area (Å²) in [5.41, 5.74) is 1.41. The molecule has 1 rings (SSSR count). The zero-order valence-electron chi connectivity index (χ0n) is 8.67. The molecule has 0 spiro atoms. The van der Waals surface area contributed by atoms with Gasteiger partial charge in [0.05, 0.1) is 7.11 Å². The second kappa shape index (κ2) is 4.42. The quantitative estimate of drug-likeness (QED) is 0.807. The SMILES string of the molecule is COc1cc(F)c(C)cc1C(C)CO. The van der Waals surface area contributed by atoms with Crippen LogP contribution in [-0.2, 0) is 0 Å². The van der Waals surface area contributed by atoms with E-state index in [-0.39, 0.29) is 18.3 Å². The summed E-state index contributed by atoms with van der Waals surface area (Å²) in [5.74, 6) is 0.176. The molecule has 1 aromatic carbocycles. The largest absolute Gasteiger partial charge is 0.496 e. The maximum atomic E-state index is 13.2. The average Bonchev–Trinajstić information content (AvgIpc) is 2.20. The standard InChI is InChI=1S/C11H15FO2/c1-7-4-9(8(2)6-13)11(14-3)5-10(7)12/h4-5,8,13H,6H2,1-3H3. The second-order valence-electron chi connectivity index (χ2n) is 3.43. The molecule has 1 N–H and O–H groups in total.